The van der Waals surface area contributed by atoms with Crippen LogP contribution in [0, 0.1) is 23.7 Å². The molecular formula is C34H26CaN6O12S2+2. The molecule has 0 aliphatic carbocycles. The van der Waals surface area contributed by atoms with E-state index in [1.807, 2.05) is 0 Å². The molecule has 0 fully saturated rings. The van der Waals surface area contributed by atoms with Crippen LogP contribution in [0.3, 0.4) is 0 Å². The third-order valence-electron chi connectivity index (χ3n) is 7.76. The second-order valence-electron chi connectivity index (χ2n) is 11.4. The van der Waals surface area contributed by atoms with Crippen molar-refractivity contribution in [3.05, 3.63) is 118 Å². The molecule has 0 spiro atoms. The molecule has 0 radical (unpaired) electrons. The Kier molecular flexibility index (Phi) is 13.0. The summed E-state index contributed by atoms with van der Waals surface area (Å²) in [7, 11) is -9.21. The van der Waals surface area contributed by atoms with Crippen molar-refractivity contribution in [1.82, 2.24) is 0 Å². The summed E-state index contributed by atoms with van der Waals surface area (Å²) in [6, 6.07) is 21.6. The number of hydrogen-bond acceptors (Lipinski definition) is 14. The van der Waals surface area contributed by atoms with Crippen LogP contribution in [0.15, 0.2) is 127 Å². The van der Waals surface area contributed by atoms with Crippen molar-refractivity contribution in [2.45, 2.75) is 23.6 Å². The number of phenols is 2. The van der Waals surface area contributed by atoms with Crippen molar-refractivity contribution in [3.63, 3.8) is 0 Å². The van der Waals surface area contributed by atoms with Gasteiger partial charge in [0.05, 0.1) is 31.0 Å². The van der Waals surface area contributed by atoms with E-state index in [0.717, 1.165) is 12.1 Å². The van der Waals surface area contributed by atoms with E-state index in [2.05, 4.69) is 20.5 Å². The molecule has 0 heterocycles. The van der Waals surface area contributed by atoms with Crippen LogP contribution in [0.2, 0.25) is 0 Å². The van der Waals surface area contributed by atoms with E-state index in [0.29, 0.717) is 44.0 Å². The van der Waals surface area contributed by atoms with Crippen molar-refractivity contribution in [2.24, 2.45) is 20.5 Å². The zero-order valence-corrected chi connectivity index (χ0v) is 32.3. The Labute approximate surface area is 341 Å². The number of phenolic OH excluding ortho intramolecular Hbond substituents is 2. The summed E-state index contributed by atoms with van der Waals surface area (Å²) in [4.78, 5) is 20.6. The quantitative estimate of drug-likeness (QED) is 0.0501. The van der Waals surface area contributed by atoms with E-state index in [1.165, 1.54) is 84.9 Å². The molecule has 0 aliphatic heterocycles. The van der Waals surface area contributed by atoms with Gasteiger partial charge in [0.15, 0.2) is 0 Å². The Bertz CT molecular complexity index is 2610. The number of fused-ring (bicyclic) bond motifs is 2. The Morgan fingerprint density at radius 3 is 1.20 bits per heavy atom. The third kappa shape index (κ3) is 9.99. The third-order valence-corrected chi connectivity index (χ3v) is 9.43. The minimum Gasteiger partial charge on any atom is -0.744 e. The zero-order chi connectivity index (χ0) is 39.5. The van der Waals surface area contributed by atoms with Crippen LogP contribution in [0.25, 0.3) is 21.5 Å². The fraction of sp³-hybridized carbons (Fsp3) is 0.0588. The molecule has 0 saturated carbocycles. The molecule has 0 amide bonds. The topological polar surface area (TPSA) is 285 Å². The van der Waals surface area contributed by atoms with Crippen LogP contribution in [0.4, 0.5) is 34.1 Å². The first-order valence-corrected chi connectivity index (χ1v) is 18.0. The van der Waals surface area contributed by atoms with Crippen molar-refractivity contribution in [3.8, 4) is 11.5 Å². The summed E-state index contributed by atoms with van der Waals surface area (Å²) in [6.45, 7) is 3.21. The Morgan fingerprint density at radius 1 is 0.527 bits per heavy atom. The second kappa shape index (κ2) is 16.9. The van der Waals surface area contributed by atoms with Gasteiger partial charge in [-0.2, -0.15) is 10.2 Å². The summed E-state index contributed by atoms with van der Waals surface area (Å²) >= 11 is 0. The fourth-order valence-corrected chi connectivity index (χ4v) is 6.14. The predicted molar refractivity (Wildman–Crippen MR) is 194 cm³/mol. The summed E-state index contributed by atoms with van der Waals surface area (Å²) in [5.41, 5.74) is 1.99. The Morgan fingerprint density at radius 2 is 0.891 bits per heavy atom. The second-order valence-corrected chi connectivity index (χ2v) is 14.2. The van der Waals surface area contributed by atoms with Gasteiger partial charge in [0.2, 0.25) is 0 Å². The summed E-state index contributed by atoms with van der Waals surface area (Å²) in [6.07, 6.45) is 0. The normalized spacial score (nSPS) is 11.7. The molecule has 18 nitrogen and oxygen atoms in total. The first-order valence-electron chi connectivity index (χ1n) is 15.1. The first kappa shape index (κ1) is 42.3. The van der Waals surface area contributed by atoms with Crippen molar-refractivity contribution >= 4 is 114 Å². The van der Waals surface area contributed by atoms with Crippen molar-refractivity contribution in [2.75, 3.05) is 0 Å². The van der Waals surface area contributed by atoms with Crippen LogP contribution in [-0.4, -0.2) is 94.2 Å². The predicted octanol–water partition coefficient (Wildman–Crippen LogP) is 7.57. The minimum atomic E-state index is -4.60. The number of nitrogens with zero attached hydrogens (tertiary/aromatic N) is 6. The minimum absolute atomic E-state index is 0. The van der Waals surface area contributed by atoms with Gasteiger partial charge >= 0.3 is 49.1 Å². The van der Waals surface area contributed by atoms with Crippen LogP contribution in [-0.2, 0) is 20.2 Å². The summed E-state index contributed by atoms with van der Waals surface area (Å²) < 4.78 is 66.9. The molecule has 0 aliphatic rings. The largest absolute Gasteiger partial charge is 2.00 e. The standard InChI is InChI=1S/2C17H13N3O6S.Ca/c2*1-10-8-12(3-6-15(10)20(22)23)18-19-17-14-5-4-13(27(24,25)26)9-11(14)2-7-16(17)21;/h2*2-9H,1H3,(H2-,18,21,22,23,24,25,26);/q;;+2. The first-order chi connectivity index (χ1) is 25.3. The Balaban J connectivity index is 0.000000240. The van der Waals surface area contributed by atoms with E-state index >= 15 is 0 Å². The number of benzene rings is 6. The number of azo groups is 2. The van der Waals surface area contributed by atoms with Gasteiger partial charge in [-0.1, -0.05) is 24.3 Å². The van der Waals surface area contributed by atoms with Gasteiger partial charge in [-0.3, -0.25) is 0 Å². The van der Waals surface area contributed by atoms with Crippen molar-refractivity contribution in [1.29, 1.82) is 0 Å². The molecule has 21 heteroatoms. The molecule has 55 heavy (non-hydrogen) atoms. The molecular weight excluding hydrogens is 789 g/mol. The molecule has 6 rings (SSSR count). The average Bonchev–Trinajstić information content (AvgIpc) is 3.09. The molecule has 0 saturated heterocycles. The number of aromatic hydroxyl groups is 2. The van der Waals surface area contributed by atoms with Gasteiger partial charge in [0.1, 0.15) is 43.1 Å². The maximum absolute atomic E-state index is 11.2. The number of rotatable bonds is 8. The molecule has 276 valence electrons. The van der Waals surface area contributed by atoms with E-state index < -0.39 is 20.2 Å². The SMILES string of the molecule is Cc1cc(N=Nc2c(O)ccc3cc(S(=O)(=O)[O-])ccc23)ccc1[N+](=O)O.Cc1cc(N=Nc2c(O)ccc3cc(S(=O)(=O)[O-])ccc23)ccc1[N+](=O)O.[Ca+2]. The van der Waals surface area contributed by atoms with Crippen LogP contribution < -0.4 is 0 Å². The zero-order valence-electron chi connectivity index (χ0n) is 28.5. The van der Waals surface area contributed by atoms with Gasteiger partial charge in [-0.25, -0.2) is 27.3 Å². The molecule has 0 bridgehead atoms. The summed E-state index contributed by atoms with van der Waals surface area (Å²) in [5, 5.41) is 55.7. The molecule has 6 aromatic carbocycles. The summed E-state index contributed by atoms with van der Waals surface area (Å²) in [5.74, 6) is -0.364. The van der Waals surface area contributed by atoms with Crippen molar-refractivity contribution < 1.29 is 56.4 Å². The smallest absolute Gasteiger partial charge is 0.744 e. The monoisotopic (exact) mass is 814 g/mol. The van der Waals surface area contributed by atoms with Gasteiger partial charge in [0.25, 0.3) is 9.85 Å². The number of hydrogen-bond donors (Lipinski definition) is 4. The molecule has 4 N–H and O–H groups in total. The maximum Gasteiger partial charge on any atom is 2.00 e. The van der Waals surface area contributed by atoms with Gasteiger partial charge < -0.3 is 19.3 Å². The van der Waals surface area contributed by atoms with Gasteiger partial charge in [-0.05, 0) is 85.3 Å². The Hall–Kier alpha value is -5.48. The van der Waals surface area contributed by atoms with E-state index in [1.54, 1.807) is 13.8 Å². The van der Waals surface area contributed by atoms with E-state index in [-0.39, 0.29) is 91.6 Å². The van der Waals surface area contributed by atoms with Gasteiger partial charge in [0, 0.05) is 34.0 Å². The molecule has 6 aromatic rings. The van der Waals surface area contributed by atoms with Crippen LogP contribution in [0.5, 0.6) is 11.5 Å². The molecule has 0 aromatic heterocycles. The molecule has 0 unspecified atom stereocenters. The fourth-order valence-electron chi connectivity index (χ4n) is 5.13. The average molecular weight is 815 g/mol. The van der Waals surface area contributed by atoms with Gasteiger partial charge in [-0.15, -0.1) is 10.2 Å². The van der Waals surface area contributed by atoms with Crippen LogP contribution >= 0.6 is 0 Å². The van der Waals surface area contributed by atoms with E-state index in [9.17, 15) is 46.0 Å². The number of aryl methyl sites for hydroxylation is 2. The van der Waals surface area contributed by atoms with E-state index in [4.69, 9.17) is 10.4 Å². The molecule has 0 atom stereocenters. The maximum atomic E-state index is 11.2. The van der Waals surface area contributed by atoms with Crippen LogP contribution in [0.1, 0.15) is 11.1 Å².